The summed E-state index contributed by atoms with van der Waals surface area (Å²) < 4.78 is 32.2. The van der Waals surface area contributed by atoms with Gasteiger partial charge in [0.2, 0.25) is 10.0 Å². The molecule has 0 saturated carbocycles. The SMILES string of the molecule is COC1CN(S(=O)(=O)c2ccc(CCO)cc2)CCC1C. The van der Waals surface area contributed by atoms with Crippen molar-refractivity contribution >= 4 is 10.0 Å². The number of nitrogens with zero attached hydrogens (tertiary/aromatic N) is 1. The van der Waals surface area contributed by atoms with Crippen molar-refractivity contribution in [3.63, 3.8) is 0 Å². The number of aliphatic hydroxyl groups excluding tert-OH is 1. The van der Waals surface area contributed by atoms with Crippen LogP contribution >= 0.6 is 0 Å². The Bertz CT molecular complexity index is 556. The maximum atomic E-state index is 12.6. The van der Waals surface area contributed by atoms with Crippen LogP contribution in [0.1, 0.15) is 18.9 Å². The normalized spacial score (nSPS) is 24.1. The summed E-state index contributed by atoms with van der Waals surface area (Å²) in [6.07, 6.45) is 1.29. The predicted octanol–water partition coefficient (Wildman–Crippen LogP) is 1.27. The largest absolute Gasteiger partial charge is 0.396 e. The molecule has 21 heavy (non-hydrogen) atoms. The fourth-order valence-electron chi connectivity index (χ4n) is 2.64. The van der Waals surface area contributed by atoms with E-state index in [0.29, 0.717) is 30.3 Å². The van der Waals surface area contributed by atoms with E-state index < -0.39 is 10.0 Å². The van der Waals surface area contributed by atoms with E-state index in [4.69, 9.17) is 9.84 Å². The molecular weight excluding hydrogens is 290 g/mol. The summed E-state index contributed by atoms with van der Waals surface area (Å²) in [6.45, 7) is 3.08. The molecule has 1 aliphatic rings. The topological polar surface area (TPSA) is 66.8 Å². The average molecular weight is 313 g/mol. The standard InChI is InChI=1S/C15H23NO4S/c1-12-7-9-16(11-15(12)20-2)21(18,19)14-5-3-13(4-6-14)8-10-17/h3-6,12,15,17H,7-11H2,1-2H3. The first-order chi connectivity index (χ1) is 9.98. The van der Waals surface area contributed by atoms with Crippen molar-refractivity contribution in [2.75, 3.05) is 26.8 Å². The van der Waals surface area contributed by atoms with Crippen LogP contribution in [0.2, 0.25) is 0 Å². The quantitative estimate of drug-likeness (QED) is 0.889. The Morgan fingerprint density at radius 3 is 2.57 bits per heavy atom. The van der Waals surface area contributed by atoms with E-state index in [-0.39, 0.29) is 12.7 Å². The Morgan fingerprint density at radius 1 is 1.33 bits per heavy atom. The number of sulfonamides is 1. The lowest BCUT2D eigenvalue weighted by Gasteiger charge is -2.35. The first-order valence-corrected chi connectivity index (χ1v) is 8.65. The Morgan fingerprint density at radius 2 is 2.00 bits per heavy atom. The van der Waals surface area contributed by atoms with Crippen LogP contribution in [0.15, 0.2) is 29.2 Å². The van der Waals surface area contributed by atoms with Crippen molar-refractivity contribution < 1.29 is 18.3 Å². The Balaban J connectivity index is 2.17. The second-order valence-corrected chi connectivity index (χ2v) is 7.46. The van der Waals surface area contributed by atoms with Gasteiger partial charge in [-0.2, -0.15) is 4.31 Å². The van der Waals surface area contributed by atoms with Crippen molar-refractivity contribution in [1.82, 2.24) is 4.31 Å². The fraction of sp³-hybridized carbons (Fsp3) is 0.600. The van der Waals surface area contributed by atoms with Crippen LogP contribution in [0.4, 0.5) is 0 Å². The van der Waals surface area contributed by atoms with Crippen molar-refractivity contribution in [3.05, 3.63) is 29.8 Å². The number of piperidine rings is 1. The minimum Gasteiger partial charge on any atom is -0.396 e. The third-order valence-electron chi connectivity index (χ3n) is 4.12. The zero-order valence-electron chi connectivity index (χ0n) is 12.5. The Labute approximate surface area is 126 Å². The summed E-state index contributed by atoms with van der Waals surface area (Å²) in [6, 6.07) is 6.73. The van der Waals surface area contributed by atoms with Crippen LogP contribution in [0.25, 0.3) is 0 Å². The molecule has 1 fully saturated rings. The molecule has 1 saturated heterocycles. The maximum absolute atomic E-state index is 12.6. The van der Waals surface area contributed by atoms with Crippen LogP contribution in [-0.4, -0.2) is 50.7 Å². The summed E-state index contributed by atoms with van der Waals surface area (Å²) in [5.41, 5.74) is 0.929. The highest BCUT2D eigenvalue weighted by molar-refractivity contribution is 7.89. The third-order valence-corrected chi connectivity index (χ3v) is 6.00. The van der Waals surface area contributed by atoms with Gasteiger partial charge in [-0.25, -0.2) is 8.42 Å². The van der Waals surface area contributed by atoms with Crippen molar-refractivity contribution in [2.45, 2.75) is 30.8 Å². The summed E-state index contributed by atoms with van der Waals surface area (Å²) in [5, 5.41) is 8.89. The lowest BCUT2D eigenvalue weighted by atomic mass is 9.97. The Hall–Kier alpha value is -0.950. The molecule has 0 radical (unpaired) electrons. The van der Waals surface area contributed by atoms with Gasteiger partial charge in [0.15, 0.2) is 0 Å². The first-order valence-electron chi connectivity index (χ1n) is 7.21. The highest BCUT2D eigenvalue weighted by atomic mass is 32.2. The molecule has 2 unspecified atom stereocenters. The fourth-order valence-corrected chi connectivity index (χ4v) is 4.10. The van der Waals surface area contributed by atoms with Gasteiger partial charge in [-0.15, -0.1) is 0 Å². The monoisotopic (exact) mass is 313 g/mol. The molecule has 118 valence electrons. The molecule has 0 bridgehead atoms. The van der Waals surface area contributed by atoms with E-state index in [0.717, 1.165) is 12.0 Å². The van der Waals surface area contributed by atoms with Crippen LogP contribution < -0.4 is 0 Å². The molecule has 2 atom stereocenters. The molecule has 1 aromatic rings. The van der Waals surface area contributed by atoms with Crippen molar-refractivity contribution in [1.29, 1.82) is 0 Å². The van der Waals surface area contributed by atoms with E-state index in [1.807, 2.05) is 0 Å². The first kappa shape index (κ1) is 16.4. The predicted molar refractivity (Wildman–Crippen MR) is 80.6 cm³/mol. The van der Waals surface area contributed by atoms with Crippen LogP contribution in [0.5, 0.6) is 0 Å². The van der Waals surface area contributed by atoms with Gasteiger partial charge in [0.25, 0.3) is 0 Å². The van der Waals surface area contributed by atoms with Crippen LogP contribution in [-0.2, 0) is 21.2 Å². The van der Waals surface area contributed by atoms with Gasteiger partial charge in [0.05, 0.1) is 11.0 Å². The van der Waals surface area contributed by atoms with E-state index in [1.54, 1.807) is 31.4 Å². The summed E-state index contributed by atoms with van der Waals surface area (Å²) in [7, 11) is -1.84. The molecule has 1 heterocycles. The summed E-state index contributed by atoms with van der Waals surface area (Å²) >= 11 is 0. The number of aliphatic hydroxyl groups is 1. The number of ether oxygens (including phenoxy) is 1. The molecule has 1 aliphatic heterocycles. The Kier molecular flexibility index (Phi) is 5.37. The molecule has 0 amide bonds. The third kappa shape index (κ3) is 3.63. The van der Waals surface area contributed by atoms with E-state index in [2.05, 4.69) is 6.92 Å². The van der Waals surface area contributed by atoms with Gasteiger partial charge in [-0.1, -0.05) is 19.1 Å². The van der Waals surface area contributed by atoms with E-state index >= 15 is 0 Å². The minimum atomic E-state index is -3.47. The van der Waals surface area contributed by atoms with Gasteiger partial charge in [-0.05, 0) is 36.5 Å². The van der Waals surface area contributed by atoms with Crippen molar-refractivity contribution in [2.24, 2.45) is 5.92 Å². The molecule has 0 spiro atoms. The summed E-state index contributed by atoms with van der Waals surface area (Å²) in [5.74, 6) is 0.369. The average Bonchev–Trinajstić information content (AvgIpc) is 2.48. The zero-order valence-corrected chi connectivity index (χ0v) is 13.3. The summed E-state index contributed by atoms with van der Waals surface area (Å²) in [4.78, 5) is 0.300. The lowest BCUT2D eigenvalue weighted by molar-refractivity contribution is 0.0184. The smallest absolute Gasteiger partial charge is 0.243 e. The maximum Gasteiger partial charge on any atom is 0.243 e. The number of hydrogen-bond acceptors (Lipinski definition) is 4. The molecule has 2 rings (SSSR count). The van der Waals surface area contributed by atoms with Gasteiger partial charge >= 0.3 is 0 Å². The second kappa shape index (κ2) is 6.87. The molecule has 0 aromatic heterocycles. The van der Waals surface area contributed by atoms with E-state index in [9.17, 15) is 8.42 Å². The van der Waals surface area contributed by atoms with Gasteiger partial charge in [0.1, 0.15) is 0 Å². The molecule has 5 nitrogen and oxygen atoms in total. The molecular formula is C15H23NO4S. The molecule has 0 aliphatic carbocycles. The highest BCUT2D eigenvalue weighted by Crippen LogP contribution is 2.25. The number of rotatable bonds is 5. The highest BCUT2D eigenvalue weighted by Gasteiger charge is 2.33. The minimum absolute atomic E-state index is 0.0535. The molecule has 6 heteroatoms. The van der Waals surface area contributed by atoms with Crippen LogP contribution in [0, 0.1) is 5.92 Å². The zero-order chi connectivity index (χ0) is 15.5. The number of benzene rings is 1. The number of hydrogen-bond donors (Lipinski definition) is 1. The van der Waals surface area contributed by atoms with E-state index in [1.165, 1.54) is 4.31 Å². The second-order valence-electron chi connectivity index (χ2n) is 5.52. The van der Waals surface area contributed by atoms with Gasteiger partial charge in [-0.3, -0.25) is 0 Å². The van der Waals surface area contributed by atoms with Crippen molar-refractivity contribution in [3.8, 4) is 0 Å². The van der Waals surface area contributed by atoms with Gasteiger partial charge in [0, 0.05) is 26.8 Å². The van der Waals surface area contributed by atoms with Crippen LogP contribution in [0.3, 0.4) is 0 Å². The molecule has 1 aromatic carbocycles. The van der Waals surface area contributed by atoms with Gasteiger partial charge < -0.3 is 9.84 Å². The lowest BCUT2D eigenvalue weighted by Crippen LogP contribution is -2.46. The number of methoxy groups -OCH3 is 1. The molecule has 1 N–H and O–H groups in total.